The van der Waals surface area contributed by atoms with E-state index < -0.39 is 53.8 Å². The molecular formula is C19H35N5O6S. The van der Waals surface area contributed by atoms with Crippen LogP contribution < -0.4 is 27.4 Å². The summed E-state index contributed by atoms with van der Waals surface area (Å²) in [5.41, 5.74) is 10.8. The first-order chi connectivity index (χ1) is 14.3. The van der Waals surface area contributed by atoms with Gasteiger partial charge in [0.15, 0.2) is 0 Å². The standard InChI is InChI=1S/C19H35N5O6S/c1-9(2)7-12(22-16(26)11(20)5-6-14(21)25)17(27)23-13(8-31)18(28)24-15(10(3)4)19(29)30/h9-13,15,31H,5-8,20H2,1-4H3,(H2,21,25)(H,22,26)(H,23,27)(H,24,28)(H,29,30). The summed E-state index contributed by atoms with van der Waals surface area (Å²) in [7, 11) is 0. The van der Waals surface area contributed by atoms with Crippen molar-refractivity contribution < 1.29 is 29.1 Å². The van der Waals surface area contributed by atoms with E-state index in [9.17, 15) is 29.1 Å². The van der Waals surface area contributed by atoms with Crippen LogP contribution in [0.2, 0.25) is 0 Å². The molecule has 0 aromatic heterocycles. The molecule has 0 aliphatic rings. The van der Waals surface area contributed by atoms with Gasteiger partial charge in [-0.1, -0.05) is 27.7 Å². The Kier molecular flexibility index (Phi) is 12.8. The number of nitrogens with one attached hydrogen (secondary N) is 3. The first kappa shape index (κ1) is 28.7. The van der Waals surface area contributed by atoms with Crippen molar-refractivity contribution in [1.82, 2.24) is 16.0 Å². The molecule has 11 nitrogen and oxygen atoms in total. The first-order valence-corrected chi connectivity index (χ1v) is 10.7. The van der Waals surface area contributed by atoms with Gasteiger partial charge in [-0.05, 0) is 24.7 Å². The number of carbonyl (C=O) groups is 5. The van der Waals surface area contributed by atoms with Crippen molar-refractivity contribution in [1.29, 1.82) is 0 Å². The number of thiol groups is 1. The molecule has 4 atom stereocenters. The highest BCUT2D eigenvalue weighted by Crippen LogP contribution is 2.08. The molecule has 4 amide bonds. The molecule has 0 aliphatic carbocycles. The summed E-state index contributed by atoms with van der Waals surface area (Å²) in [4.78, 5) is 59.7. The Balaban J connectivity index is 5.21. The molecule has 178 valence electrons. The van der Waals surface area contributed by atoms with Crippen LogP contribution in [0, 0.1) is 11.8 Å². The molecule has 0 saturated carbocycles. The number of nitrogens with two attached hydrogens (primary N) is 2. The molecule has 0 aromatic rings. The molecule has 0 rings (SSSR count). The zero-order chi connectivity index (χ0) is 24.3. The molecular weight excluding hydrogens is 426 g/mol. The Hall–Kier alpha value is -2.34. The highest BCUT2D eigenvalue weighted by Gasteiger charge is 2.31. The summed E-state index contributed by atoms with van der Waals surface area (Å²) in [6.07, 6.45) is 0.230. The molecule has 31 heavy (non-hydrogen) atoms. The van der Waals surface area contributed by atoms with Gasteiger partial charge in [-0.2, -0.15) is 12.6 Å². The van der Waals surface area contributed by atoms with Crippen LogP contribution in [0.25, 0.3) is 0 Å². The number of aliphatic carboxylic acids is 1. The van der Waals surface area contributed by atoms with Crippen LogP contribution in [-0.4, -0.2) is 64.6 Å². The maximum atomic E-state index is 12.8. The van der Waals surface area contributed by atoms with Gasteiger partial charge in [0.1, 0.15) is 18.1 Å². The van der Waals surface area contributed by atoms with Gasteiger partial charge in [-0.15, -0.1) is 0 Å². The minimum atomic E-state index is -1.19. The van der Waals surface area contributed by atoms with E-state index in [0.717, 1.165) is 0 Å². The zero-order valence-electron chi connectivity index (χ0n) is 18.4. The maximum absolute atomic E-state index is 12.8. The molecule has 8 N–H and O–H groups in total. The summed E-state index contributed by atoms with van der Waals surface area (Å²) in [5.74, 6) is -4.16. The van der Waals surface area contributed by atoms with Gasteiger partial charge in [0.25, 0.3) is 0 Å². The summed E-state index contributed by atoms with van der Waals surface area (Å²) >= 11 is 4.07. The largest absolute Gasteiger partial charge is 0.480 e. The third kappa shape index (κ3) is 11.0. The number of carbonyl (C=O) groups excluding carboxylic acids is 4. The van der Waals surface area contributed by atoms with E-state index in [2.05, 4.69) is 28.6 Å². The van der Waals surface area contributed by atoms with Gasteiger partial charge in [0.05, 0.1) is 6.04 Å². The van der Waals surface area contributed by atoms with Crippen LogP contribution in [-0.2, 0) is 24.0 Å². The second-order valence-electron chi connectivity index (χ2n) is 8.11. The quantitative estimate of drug-likeness (QED) is 0.157. The number of carboxylic acids is 1. The monoisotopic (exact) mass is 461 g/mol. The first-order valence-electron chi connectivity index (χ1n) is 10.1. The predicted molar refractivity (Wildman–Crippen MR) is 118 cm³/mol. The Morgan fingerprint density at radius 3 is 1.84 bits per heavy atom. The second-order valence-corrected chi connectivity index (χ2v) is 8.48. The number of rotatable bonds is 14. The fourth-order valence-corrected chi connectivity index (χ4v) is 2.90. The van der Waals surface area contributed by atoms with Gasteiger partial charge in [-0.3, -0.25) is 19.2 Å². The molecule has 0 fully saturated rings. The van der Waals surface area contributed by atoms with Crippen molar-refractivity contribution in [3.8, 4) is 0 Å². The van der Waals surface area contributed by atoms with Crippen LogP contribution in [0.5, 0.6) is 0 Å². The zero-order valence-corrected chi connectivity index (χ0v) is 19.3. The van der Waals surface area contributed by atoms with Crippen molar-refractivity contribution in [3.63, 3.8) is 0 Å². The number of carboxylic acid groups (broad SMARTS) is 1. The third-order valence-electron chi connectivity index (χ3n) is 4.42. The molecule has 0 heterocycles. The summed E-state index contributed by atoms with van der Waals surface area (Å²) in [6, 6.07) is -4.24. The highest BCUT2D eigenvalue weighted by atomic mass is 32.1. The van der Waals surface area contributed by atoms with Crippen molar-refractivity contribution in [2.45, 2.75) is 71.1 Å². The maximum Gasteiger partial charge on any atom is 0.326 e. The fraction of sp³-hybridized carbons (Fsp3) is 0.737. The van der Waals surface area contributed by atoms with E-state index in [-0.39, 0.29) is 36.9 Å². The van der Waals surface area contributed by atoms with Crippen molar-refractivity contribution in [3.05, 3.63) is 0 Å². The number of hydrogen-bond acceptors (Lipinski definition) is 7. The molecule has 0 aliphatic heterocycles. The lowest BCUT2D eigenvalue weighted by Gasteiger charge is -2.26. The number of hydrogen-bond donors (Lipinski definition) is 7. The Morgan fingerprint density at radius 2 is 1.42 bits per heavy atom. The average molecular weight is 462 g/mol. The molecule has 0 bridgehead atoms. The van der Waals surface area contributed by atoms with Crippen LogP contribution in [0.4, 0.5) is 0 Å². The van der Waals surface area contributed by atoms with E-state index in [1.807, 2.05) is 13.8 Å². The van der Waals surface area contributed by atoms with E-state index in [1.54, 1.807) is 13.8 Å². The van der Waals surface area contributed by atoms with Crippen LogP contribution in [0.15, 0.2) is 0 Å². The number of amides is 4. The van der Waals surface area contributed by atoms with Gasteiger partial charge in [0.2, 0.25) is 23.6 Å². The van der Waals surface area contributed by atoms with Crippen molar-refractivity contribution in [2.75, 3.05) is 5.75 Å². The predicted octanol–water partition coefficient (Wildman–Crippen LogP) is -1.25. The molecule has 12 heteroatoms. The minimum Gasteiger partial charge on any atom is -0.480 e. The molecule has 0 saturated heterocycles. The Labute approximate surface area is 187 Å². The lowest BCUT2D eigenvalue weighted by Crippen LogP contribution is -2.58. The summed E-state index contributed by atoms with van der Waals surface area (Å²) < 4.78 is 0. The van der Waals surface area contributed by atoms with Crippen molar-refractivity contribution in [2.24, 2.45) is 23.3 Å². The molecule has 4 unspecified atom stereocenters. The second kappa shape index (κ2) is 13.9. The van der Waals surface area contributed by atoms with Crippen LogP contribution in [0.1, 0.15) is 47.0 Å². The minimum absolute atomic E-state index is 0.0264. The fourth-order valence-electron chi connectivity index (χ4n) is 2.64. The third-order valence-corrected chi connectivity index (χ3v) is 4.79. The molecule has 0 spiro atoms. The van der Waals surface area contributed by atoms with E-state index in [0.29, 0.717) is 0 Å². The Morgan fingerprint density at radius 1 is 0.903 bits per heavy atom. The molecule has 0 aromatic carbocycles. The van der Waals surface area contributed by atoms with E-state index in [4.69, 9.17) is 11.5 Å². The molecule has 0 radical (unpaired) electrons. The van der Waals surface area contributed by atoms with E-state index >= 15 is 0 Å². The topological polar surface area (TPSA) is 194 Å². The van der Waals surface area contributed by atoms with Crippen LogP contribution >= 0.6 is 12.6 Å². The summed E-state index contributed by atoms with van der Waals surface area (Å²) in [5, 5.41) is 16.7. The normalized spacial score (nSPS) is 15.0. The lowest BCUT2D eigenvalue weighted by atomic mass is 10.0. The lowest BCUT2D eigenvalue weighted by molar-refractivity contribution is -0.143. The van der Waals surface area contributed by atoms with Crippen molar-refractivity contribution >= 4 is 42.2 Å². The van der Waals surface area contributed by atoms with Gasteiger partial charge in [0, 0.05) is 12.2 Å². The van der Waals surface area contributed by atoms with Gasteiger partial charge in [-0.25, -0.2) is 4.79 Å². The highest BCUT2D eigenvalue weighted by molar-refractivity contribution is 7.80. The summed E-state index contributed by atoms with van der Waals surface area (Å²) in [6.45, 7) is 6.98. The Bertz CT molecular complexity index is 658. The SMILES string of the molecule is CC(C)CC(NC(=O)C(N)CCC(N)=O)C(=O)NC(CS)C(=O)NC(C(=O)O)C(C)C. The van der Waals surface area contributed by atoms with Gasteiger partial charge < -0.3 is 32.5 Å². The van der Waals surface area contributed by atoms with Gasteiger partial charge >= 0.3 is 5.97 Å². The van der Waals surface area contributed by atoms with Crippen LogP contribution in [0.3, 0.4) is 0 Å². The van der Waals surface area contributed by atoms with E-state index in [1.165, 1.54) is 0 Å². The average Bonchev–Trinajstić information content (AvgIpc) is 2.66. The number of primary amides is 1. The smallest absolute Gasteiger partial charge is 0.326 e.